The van der Waals surface area contributed by atoms with E-state index in [0.29, 0.717) is 5.69 Å². The highest BCUT2D eigenvalue weighted by atomic mass is 19.2. The lowest BCUT2D eigenvalue weighted by Gasteiger charge is -2.08. The summed E-state index contributed by atoms with van der Waals surface area (Å²) in [5, 5.41) is 11.3. The highest BCUT2D eigenvalue weighted by molar-refractivity contribution is 5.72. The minimum atomic E-state index is -1.01. The second-order valence-corrected chi connectivity index (χ2v) is 4.60. The van der Waals surface area contributed by atoms with Crippen LogP contribution >= 0.6 is 0 Å². The molecule has 3 aromatic rings. The van der Waals surface area contributed by atoms with Crippen molar-refractivity contribution in [3.05, 3.63) is 53.6 Å². The fourth-order valence-electron chi connectivity index (χ4n) is 1.97. The molecule has 0 fully saturated rings. The van der Waals surface area contributed by atoms with E-state index in [1.54, 1.807) is 0 Å². The number of hydrogen-bond acceptors (Lipinski definition) is 4. The molecule has 2 aromatic carbocycles. The summed E-state index contributed by atoms with van der Waals surface area (Å²) in [4.78, 5) is 0. The molecule has 0 aliphatic rings. The number of rotatable bonds is 2. The van der Waals surface area contributed by atoms with Crippen molar-refractivity contribution in [2.24, 2.45) is 0 Å². The number of nitrogens with zero attached hydrogens (tertiary/aromatic N) is 4. The molecule has 0 aliphatic heterocycles. The van der Waals surface area contributed by atoms with Crippen LogP contribution in [-0.4, -0.2) is 20.2 Å². The quantitative estimate of drug-likeness (QED) is 0.735. The predicted molar refractivity (Wildman–Crippen MR) is 73.7 cm³/mol. The van der Waals surface area contributed by atoms with Gasteiger partial charge < -0.3 is 5.73 Å². The molecule has 1 aromatic heterocycles. The summed E-state index contributed by atoms with van der Waals surface area (Å²) >= 11 is 0. The molecule has 106 valence electrons. The second kappa shape index (κ2) is 4.93. The van der Waals surface area contributed by atoms with Crippen LogP contribution in [0.1, 0.15) is 5.56 Å². The van der Waals surface area contributed by atoms with Gasteiger partial charge in [0, 0.05) is 17.3 Å². The molecule has 0 saturated carbocycles. The Hall–Kier alpha value is -2.83. The molecule has 21 heavy (non-hydrogen) atoms. The number of aromatic nitrogens is 4. The molecular formula is C14H11F2N5. The standard InChI is InChI=1S/C14H11F2N5/c1-8-2-4-9(5-3-8)21-14(18-19-20-21)10-6-11(15)12(16)7-13(10)17/h2-7H,17H2,1H3. The van der Waals surface area contributed by atoms with Crippen LogP contribution < -0.4 is 5.73 Å². The van der Waals surface area contributed by atoms with Crippen LogP contribution in [0.25, 0.3) is 17.1 Å². The fourth-order valence-corrected chi connectivity index (χ4v) is 1.97. The van der Waals surface area contributed by atoms with Gasteiger partial charge >= 0.3 is 0 Å². The zero-order valence-corrected chi connectivity index (χ0v) is 11.1. The Morgan fingerprint density at radius 1 is 1.05 bits per heavy atom. The molecule has 3 rings (SSSR count). The van der Waals surface area contributed by atoms with Crippen molar-refractivity contribution in [1.82, 2.24) is 20.2 Å². The summed E-state index contributed by atoms with van der Waals surface area (Å²) in [6, 6.07) is 9.35. The van der Waals surface area contributed by atoms with E-state index < -0.39 is 11.6 Å². The minimum absolute atomic E-state index is 0.0667. The maximum Gasteiger partial charge on any atom is 0.189 e. The molecule has 1 heterocycles. The van der Waals surface area contributed by atoms with Crippen LogP contribution in [0.5, 0.6) is 0 Å². The molecule has 0 aliphatic carbocycles. The molecule has 0 radical (unpaired) electrons. The molecular weight excluding hydrogens is 276 g/mol. The SMILES string of the molecule is Cc1ccc(-n2nnnc2-c2cc(F)c(F)cc2N)cc1. The molecule has 0 spiro atoms. The maximum atomic E-state index is 13.4. The number of nitrogens with two attached hydrogens (primary N) is 1. The van der Waals surface area contributed by atoms with Crippen molar-refractivity contribution in [1.29, 1.82) is 0 Å². The maximum absolute atomic E-state index is 13.4. The average molecular weight is 287 g/mol. The topological polar surface area (TPSA) is 69.6 Å². The third-order valence-corrected chi connectivity index (χ3v) is 3.08. The smallest absolute Gasteiger partial charge is 0.189 e. The number of anilines is 1. The number of halogens is 2. The van der Waals surface area contributed by atoms with Gasteiger partial charge in [0.2, 0.25) is 0 Å². The first kappa shape index (κ1) is 13.2. The monoisotopic (exact) mass is 287 g/mol. The third-order valence-electron chi connectivity index (χ3n) is 3.08. The van der Waals surface area contributed by atoms with Gasteiger partial charge in [0.1, 0.15) is 0 Å². The molecule has 5 nitrogen and oxygen atoms in total. The van der Waals surface area contributed by atoms with E-state index in [4.69, 9.17) is 5.73 Å². The number of aryl methyl sites for hydroxylation is 1. The lowest BCUT2D eigenvalue weighted by molar-refractivity contribution is 0.509. The summed E-state index contributed by atoms with van der Waals surface area (Å²) < 4.78 is 28.0. The van der Waals surface area contributed by atoms with Crippen molar-refractivity contribution in [3.63, 3.8) is 0 Å². The zero-order valence-electron chi connectivity index (χ0n) is 11.1. The van der Waals surface area contributed by atoms with Crippen molar-refractivity contribution >= 4 is 5.69 Å². The lowest BCUT2D eigenvalue weighted by atomic mass is 10.1. The Morgan fingerprint density at radius 3 is 2.43 bits per heavy atom. The van der Waals surface area contributed by atoms with Crippen molar-refractivity contribution in [2.75, 3.05) is 5.73 Å². The van der Waals surface area contributed by atoms with E-state index in [2.05, 4.69) is 15.5 Å². The van der Waals surface area contributed by atoms with Gasteiger partial charge in [0.05, 0.1) is 5.69 Å². The molecule has 2 N–H and O–H groups in total. The van der Waals surface area contributed by atoms with Crippen LogP contribution in [0.4, 0.5) is 14.5 Å². The first-order valence-electron chi connectivity index (χ1n) is 6.16. The Labute approximate surface area is 119 Å². The number of benzene rings is 2. The van der Waals surface area contributed by atoms with Crippen LogP contribution in [0, 0.1) is 18.6 Å². The van der Waals surface area contributed by atoms with Crippen molar-refractivity contribution in [2.45, 2.75) is 6.92 Å². The number of hydrogen-bond donors (Lipinski definition) is 1. The van der Waals surface area contributed by atoms with Gasteiger partial charge in [-0.2, -0.15) is 4.68 Å². The average Bonchev–Trinajstić information content (AvgIpc) is 2.93. The van der Waals surface area contributed by atoms with Crippen LogP contribution in [0.2, 0.25) is 0 Å². The first-order valence-corrected chi connectivity index (χ1v) is 6.16. The Balaban J connectivity index is 2.15. The van der Waals surface area contributed by atoms with E-state index in [-0.39, 0.29) is 17.1 Å². The molecule has 7 heteroatoms. The predicted octanol–water partition coefficient (Wildman–Crippen LogP) is 2.50. The van der Waals surface area contributed by atoms with Gasteiger partial charge in [-0.15, -0.1) is 5.10 Å². The van der Waals surface area contributed by atoms with Gasteiger partial charge in [-0.1, -0.05) is 17.7 Å². The van der Waals surface area contributed by atoms with E-state index in [1.807, 2.05) is 31.2 Å². The van der Waals surface area contributed by atoms with E-state index in [0.717, 1.165) is 17.7 Å². The van der Waals surface area contributed by atoms with Gasteiger partial charge in [0.25, 0.3) is 0 Å². The summed E-state index contributed by atoms with van der Waals surface area (Å²) in [6.07, 6.45) is 0. The van der Waals surface area contributed by atoms with Crippen molar-refractivity contribution < 1.29 is 8.78 Å². The van der Waals surface area contributed by atoms with E-state index in [9.17, 15) is 8.78 Å². The first-order chi connectivity index (χ1) is 10.1. The van der Waals surface area contributed by atoms with Crippen LogP contribution in [0.3, 0.4) is 0 Å². The lowest BCUT2D eigenvalue weighted by Crippen LogP contribution is -2.03. The molecule has 0 bridgehead atoms. The number of nitrogen functional groups attached to an aromatic ring is 1. The summed E-state index contributed by atoms with van der Waals surface area (Å²) in [5.41, 5.74) is 7.82. The van der Waals surface area contributed by atoms with E-state index in [1.165, 1.54) is 4.68 Å². The Bertz CT molecular complexity index is 796. The summed E-state index contributed by atoms with van der Waals surface area (Å²) in [6.45, 7) is 1.96. The van der Waals surface area contributed by atoms with Gasteiger partial charge in [0.15, 0.2) is 17.5 Å². The Kier molecular flexibility index (Phi) is 3.09. The fraction of sp³-hybridized carbons (Fsp3) is 0.0714. The van der Waals surface area contributed by atoms with Gasteiger partial charge in [-0.05, 0) is 35.5 Å². The highest BCUT2D eigenvalue weighted by Gasteiger charge is 2.16. The van der Waals surface area contributed by atoms with Gasteiger partial charge in [-0.25, -0.2) is 8.78 Å². The molecule has 0 saturated heterocycles. The van der Waals surface area contributed by atoms with E-state index >= 15 is 0 Å². The summed E-state index contributed by atoms with van der Waals surface area (Å²) in [5.74, 6) is -1.77. The second-order valence-electron chi connectivity index (χ2n) is 4.60. The minimum Gasteiger partial charge on any atom is -0.398 e. The largest absolute Gasteiger partial charge is 0.398 e. The molecule has 0 amide bonds. The molecule has 0 unspecified atom stereocenters. The highest BCUT2D eigenvalue weighted by Crippen LogP contribution is 2.27. The zero-order chi connectivity index (χ0) is 15.0. The van der Waals surface area contributed by atoms with Gasteiger partial charge in [-0.3, -0.25) is 0 Å². The molecule has 0 atom stereocenters. The van der Waals surface area contributed by atoms with Crippen LogP contribution in [-0.2, 0) is 0 Å². The summed E-state index contributed by atoms with van der Waals surface area (Å²) in [7, 11) is 0. The normalized spacial score (nSPS) is 10.8. The van der Waals surface area contributed by atoms with Crippen molar-refractivity contribution in [3.8, 4) is 17.1 Å². The third kappa shape index (κ3) is 2.33. The van der Waals surface area contributed by atoms with Crippen LogP contribution in [0.15, 0.2) is 36.4 Å². The Morgan fingerprint density at radius 2 is 1.71 bits per heavy atom. The number of tetrazole rings is 1.